The van der Waals surface area contributed by atoms with Gasteiger partial charge in [-0.1, -0.05) is 12.8 Å². The Morgan fingerprint density at radius 1 is 1.11 bits per heavy atom. The van der Waals surface area contributed by atoms with Gasteiger partial charge in [-0.2, -0.15) is 0 Å². The molecule has 2 aliphatic rings. The third-order valence-electron chi connectivity index (χ3n) is 3.01. The zero-order valence-corrected chi connectivity index (χ0v) is 6.40. The molecule has 1 heteroatoms. The minimum absolute atomic E-state index is 0.925. The normalized spacial score (nSPS) is 48.3. The molecule has 0 saturated heterocycles. The van der Waals surface area contributed by atoms with Gasteiger partial charge in [-0.15, -0.1) is 11.6 Å². The summed E-state index contributed by atoms with van der Waals surface area (Å²) in [4.78, 5) is 0. The number of fused-ring (bicyclic) bond motifs is 1. The summed E-state index contributed by atoms with van der Waals surface area (Å²) in [5.41, 5.74) is 0. The fraction of sp³-hybridized carbons (Fsp3) is 1.00. The van der Waals surface area contributed by atoms with Crippen LogP contribution in [0, 0.1) is 17.8 Å². The highest BCUT2D eigenvalue weighted by Gasteiger charge is 2.49. The molecule has 9 heavy (non-hydrogen) atoms. The minimum atomic E-state index is 0.925. The first-order valence-corrected chi connectivity index (χ1v) is 4.53. The third-order valence-corrected chi connectivity index (χ3v) is 3.37. The van der Waals surface area contributed by atoms with Crippen molar-refractivity contribution in [1.29, 1.82) is 0 Å². The SMILES string of the molecule is ClCC1[C@H]2CCCC[C@@H]12. The quantitative estimate of drug-likeness (QED) is 0.497. The molecule has 1 unspecified atom stereocenters. The Morgan fingerprint density at radius 3 is 2.11 bits per heavy atom. The smallest absolute Gasteiger partial charge is 0.0257 e. The van der Waals surface area contributed by atoms with E-state index in [0.29, 0.717) is 0 Å². The fourth-order valence-corrected chi connectivity index (χ4v) is 2.83. The van der Waals surface area contributed by atoms with Crippen LogP contribution in [0.3, 0.4) is 0 Å². The van der Waals surface area contributed by atoms with Crippen LogP contribution in [0.1, 0.15) is 25.7 Å². The lowest BCUT2D eigenvalue weighted by Gasteiger charge is -2.04. The molecule has 0 aromatic heterocycles. The molecule has 0 aromatic rings. The molecule has 0 radical (unpaired) electrons. The van der Waals surface area contributed by atoms with Crippen molar-refractivity contribution in [2.75, 3.05) is 5.88 Å². The number of alkyl halides is 1. The van der Waals surface area contributed by atoms with E-state index in [1.54, 1.807) is 0 Å². The zero-order chi connectivity index (χ0) is 6.27. The summed E-state index contributed by atoms with van der Waals surface area (Å²) in [6, 6.07) is 0. The summed E-state index contributed by atoms with van der Waals surface area (Å²) in [5, 5.41) is 0. The summed E-state index contributed by atoms with van der Waals surface area (Å²) in [6.07, 6.45) is 5.88. The highest BCUT2D eigenvalue weighted by molar-refractivity contribution is 6.18. The summed E-state index contributed by atoms with van der Waals surface area (Å²) in [5.74, 6) is 3.96. The molecule has 0 heterocycles. The van der Waals surface area contributed by atoms with Crippen molar-refractivity contribution < 1.29 is 0 Å². The fourth-order valence-electron chi connectivity index (χ4n) is 2.37. The van der Waals surface area contributed by atoms with E-state index in [4.69, 9.17) is 11.6 Å². The van der Waals surface area contributed by atoms with Gasteiger partial charge in [-0.05, 0) is 30.6 Å². The maximum atomic E-state index is 5.77. The molecule has 0 aromatic carbocycles. The van der Waals surface area contributed by atoms with E-state index >= 15 is 0 Å². The van der Waals surface area contributed by atoms with Crippen molar-refractivity contribution in [3.63, 3.8) is 0 Å². The van der Waals surface area contributed by atoms with Crippen molar-refractivity contribution in [1.82, 2.24) is 0 Å². The topological polar surface area (TPSA) is 0 Å². The molecule has 2 fully saturated rings. The van der Waals surface area contributed by atoms with E-state index < -0.39 is 0 Å². The molecular weight excluding hydrogens is 132 g/mol. The highest BCUT2D eigenvalue weighted by Crippen LogP contribution is 2.55. The summed E-state index contributed by atoms with van der Waals surface area (Å²) in [7, 11) is 0. The van der Waals surface area contributed by atoms with Gasteiger partial charge < -0.3 is 0 Å². The Kier molecular flexibility index (Phi) is 1.45. The van der Waals surface area contributed by atoms with Gasteiger partial charge in [-0.25, -0.2) is 0 Å². The van der Waals surface area contributed by atoms with Gasteiger partial charge in [0.15, 0.2) is 0 Å². The van der Waals surface area contributed by atoms with Gasteiger partial charge in [0, 0.05) is 5.88 Å². The lowest BCUT2D eigenvalue weighted by Crippen LogP contribution is -1.91. The van der Waals surface area contributed by atoms with E-state index in [1.165, 1.54) is 25.7 Å². The van der Waals surface area contributed by atoms with Crippen molar-refractivity contribution in [3.05, 3.63) is 0 Å². The molecule has 0 spiro atoms. The number of hydrogen-bond donors (Lipinski definition) is 0. The van der Waals surface area contributed by atoms with Crippen molar-refractivity contribution in [2.45, 2.75) is 25.7 Å². The molecular formula is C8H13Cl. The maximum absolute atomic E-state index is 5.77. The van der Waals surface area contributed by atoms with E-state index in [1.807, 2.05) is 0 Å². The van der Waals surface area contributed by atoms with Crippen LogP contribution < -0.4 is 0 Å². The minimum Gasteiger partial charge on any atom is -0.126 e. The average molecular weight is 145 g/mol. The van der Waals surface area contributed by atoms with E-state index in [2.05, 4.69) is 0 Å². The monoisotopic (exact) mass is 144 g/mol. The van der Waals surface area contributed by atoms with Crippen LogP contribution in [0.25, 0.3) is 0 Å². The first-order valence-electron chi connectivity index (χ1n) is 3.99. The summed E-state index contributed by atoms with van der Waals surface area (Å²) in [6.45, 7) is 0. The molecule has 3 atom stereocenters. The maximum Gasteiger partial charge on any atom is 0.0257 e. The second-order valence-electron chi connectivity index (χ2n) is 3.43. The van der Waals surface area contributed by atoms with Crippen LogP contribution in [0.4, 0.5) is 0 Å². The predicted molar refractivity (Wildman–Crippen MR) is 39.7 cm³/mol. The molecule has 2 saturated carbocycles. The number of rotatable bonds is 1. The van der Waals surface area contributed by atoms with Crippen molar-refractivity contribution in [2.24, 2.45) is 17.8 Å². The second-order valence-corrected chi connectivity index (χ2v) is 3.74. The highest BCUT2D eigenvalue weighted by atomic mass is 35.5. The van der Waals surface area contributed by atoms with Gasteiger partial charge in [0.2, 0.25) is 0 Å². The molecule has 0 nitrogen and oxygen atoms in total. The molecule has 0 N–H and O–H groups in total. The largest absolute Gasteiger partial charge is 0.126 e. The molecule has 0 aliphatic heterocycles. The third kappa shape index (κ3) is 0.881. The Balaban J connectivity index is 1.91. The van der Waals surface area contributed by atoms with E-state index in [-0.39, 0.29) is 0 Å². The number of halogens is 1. The lowest BCUT2D eigenvalue weighted by molar-refractivity contribution is 0.480. The van der Waals surface area contributed by atoms with Gasteiger partial charge in [0.1, 0.15) is 0 Å². The Hall–Kier alpha value is 0.290. The second kappa shape index (κ2) is 2.16. The standard InChI is InChI=1S/C8H13Cl/c9-5-8-6-3-1-2-4-7(6)8/h6-8H,1-5H2/t6-,7+,8?. The van der Waals surface area contributed by atoms with Gasteiger partial charge in [0.25, 0.3) is 0 Å². The predicted octanol–water partition coefficient (Wildman–Crippen LogP) is 2.66. The first-order chi connectivity index (χ1) is 4.43. The van der Waals surface area contributed by atoms with Crippen LogP contribution in [0.5, 0.6) is 0 Å². The van der Waals surface area contributed by atoms with Gasteiger partial charge in [0.05, 0.1) is 0 Å². The zero-order valence-electron chi connectivity index (χ0n) is 5.65. The average Bonchev–Trinajstić information content (AvgIpc) is 2.60. The van der Waals surface area contributed by atoms with Gasteiger partial charge in [-0.3, -0.25) is 0 Å². The Labute approximate surface area is 61.6 Å². The van der Waals surface area contributed by atoms with Crippen LogP contribution >= 0.6 is 11.6 Å². The summed E-state index contributed by atoms with van der Waals surface area (Å²) < 4.78 is 0. The Morgan fingerprint density at radius 2 is 1.67 bits per heavy atom. The molecule has 2 aliphatic carbocycles. The molecule has 2 rings (SSSR count). The Bertz CT molecular complexity index is 92.4. The van der Waals surface area contributed by atoms with Gasteiger partial charge >= 0.3 is 0 Å². The van der Waals surface area contributed by atoms with Crippen LogP contribution in [0.2, 0.25) is 0 Å². The number of hydrogen-bond acceptors (Lipinski definition) is 0. The molecule has 52 valence electrons. The van der Waals surface area contributed by atoms with E-state index in [0.717, 1.165) is 23.6 Å². The van der Waals surface area contributed by atoms with Crippen molar-refractivity contribution >= 4 is 11.6 Å². The van der Waals surface area contributed by atoms with Crippen molar-refractivity contribution in [3.8, 4) is 0 Å². The van der Waals surface area contributed by atoms with E-state index in [9.17, 15) is 0 Å². The summed E-state index contributed by atoms with van der Waals surface area (Å²) >= 11 is 5.77. The lowest BCUT2D eigenvalue weighted by atomic mass is 10.0. The molecule has 0 bridgehead atoms. The van der Waals surface area contributed by atoms with Crippen LogP contribution in [0.15, 0.2) is 0 Å². The van der Waals surface area contributed by atoms with Crippen LogP contribution in [-0.4, -0.2) is 5.88 Å². The first kappa shape index (κ1) is 6.03. The van der Waals surface area contributed by atoms with Crippen LogP contribution in [-0.2, 0) is 0 Å². The molecule has 0 amide bonds.